The molecule has 1 aliphatic rings. The van der Waals surface area contributed by atoms with Gasteiger partial charge in [0.05, 0.1) is 6.54 Å². The number of hydrogen-bond donors (Lipinski definition) is 0. The standard InChI is InChI=1S/C8H10ClF2N3S/c9-7-13-12-6(15-7)5-14-3-1-8(10,11)2-4-14/h1-5H2. The van der Waals surface area contributed by atoms with E-state index in [0.29, 0.717) is 24.1 Å². The highest BCUT2D eigenvalue weighted by Crippen LogP contribution is 2.28. The molecule has 1 aromatic rings. The van der Waals surface area contributed by atoms with E-state index in [0.717, 1.165) is 5.01 Å². The zero-order valence-corrected chi connectivity index (χ0v) is 9.49. The van der Waals surface area contributed by atoms with Gasteiger partial charge in [0.2, 0.25) is 4.47 Å². The second-order valence-electron chi connectivity index (χ2n) is 3.58. The SMILES string of the molecule is FC1(F)CCN(Cc2nnc(Cl)s2)CC1. The molecule has 84 valence electrons. The Kier molecular flexibility index (Phi) is 3.18. The van der Waals surface area contributed by atoms with Crippen molar-refractivity contribution < 1.29 is 8.78 Å². The molecule has 15 heavy (non-hydrogen) atoms. The highest BCUT2D eigenvalue weighted by molar-refractivity contribution is 7.15. The van der Waals surface area contributed by atoms with Crippen molar-refractivity contribution in [3.63, 3.8) is 0 Å². The third kappa shape index (κ3) is 3.06. The van der Waals surface area contributed by atoms with Gasteiger partial charge < -0.3 is 0 Å². The van der Waals surface area contributed by atoms with E-state index >= 15 is 0 Å². The van der Waals surface area contributed by atoms with Crippen molar-refractivity contribution in [3.8, 4) is 0 Å². The summed E-state index contributed by atoms with van der Waals surface area (Å²) in [5.74, 6) is -2.49. The first-order valence-corrected chi connectivity index (χ1v) is 5.83. The molecule has 0 amide bonds. The molecule has 1 aliphatic heterocycles. The van der Waals surface area contributed by atoms with Crippen LogP contribution in [0.1, 0.15) is 17.8 Å². The average Bonchev–Trinajstić information content (AvgIpc) is 2.55. The van der Waals surface area contributed by atoms with Gasteiger partial charge in [-0.1, -0.05) is 11.3 Å². The van der Waals surface area contributed by atoms with Crippen LogP contribution in [0.4, 0.5) is 8.78 Å². The molecule has 0 atom stereocenters. The van der Waals surface area contributed by atoms with E-state index in [1.165, 1.54) is 11.3 Å². The van der Waals surface area contributed by atoms with Crippen molar-refractivity contribution >= 4 is 22.9 Å². The molecule has 0 bridgehead atoms. The minimum absolute atomic E-state index is 0.0699. The van der Waals surface area contributed by atoms with Crippen LogP contribution >= 0.6 is 22.9 Å². The summed E-state index contributed by atoms with van der Waals surface area (Å²) in [4.78, 5) is 1.95. The van der Waals surface area contributed by atoms with Crippen molar-refractivity contribution in [1.82, 2.24) is 15.1 Å². The highest BCUT2D eigenvalue weighted by atomic mass is 35.5. The van der Waals surface area contributed by atoms with Crippen LogP contribution < -0.4 is 0 Å². The van der Waals surface area contributed by atoms with Gasteiger partial charge in [-0.15, -0.1) is 10.2 Å². The lowest BCUT2D eigenvalue weighted by Crippen LogP contribution is -2.38. The Bertz CT molecular complexity index is 334. The van der Waals surface area contributed by atoms with E-state index in [4.69, 9.17) is 11.6 Å². The fourth-order valence-electron chi connectivity index (χ4n) is 1.53. The maximum absolute atomic E-state index is 12.8. The number of aromatic nitrogens is 2. The van der Waals surface area contributed by atoms with Crippen molar-refractivity contribution in [2.45, 2.75) is 25.3 Å². The number of alkyl halides is 2. The monoisotopic (exact) mass is 253 g/mol. The Labute approximate surface area is 95.1 Å². The van der Waals surface area contributed by atoms with Crippen molar-refractivity contribution in [3.05, 3.63) is 9.47 Å². The molecule has 3 nitrogen and oxygen atoms in total. The van der Waals surface area contributed by atoms with Crippen LogP contribution in [0.2, 0.25) is 4.47 Å². The van der Waals surface area contributed by atoms with Crippen LogP contribution in [-0.2, 0) is 6.54 Å². The molecule has 0 aliphatic carbocycles. The van der Waals surface area contributed by atoms with Crippen molar-refractivity contribution in [2.75, 3.05) is 13.1 Å². The molecule has 1 fully saturated rings. The summed E-state index contributed by atoms with van der Waals surface area (Å²) in [6.45, 7) is 1.38. The summed E-state index contributed by atoms with van der Waals surface area (Å²) in [7, 11) is 0. The Morgan fingerprint density at radius 1 is 1.33 bits per heavy atom. The van der Waals surface area contributed by atoms with Gasteiger partial charge in [0, 0.05) is 25.9 Å². The van der Waals surface area contributed by atoms with E-state index < -0.39 is 5.92 Å². The summed E-state index contributed by atoms with van der Waals surface area (Å²) in [5, 5.41) is 8.31. The zero-order chi connectivity index (χ0) is 10.9. The van der Waals surface area contributed by atoms with Crippen molar-refractivity contribution in [2.24, 2.45) is 0 Å². The second-order valence-corrected chi connectivity index (χ2v) is 5.23. The summed E-state index contributed by atoms with van der Waals surface area (Å²) in [6.07, 6.45) is -0.140. The number of halogens is 3. The minimum atomic E-state index is -2.49. The van der Waals surface area contributed by atoms with Crippen LogP contribution in [0, 0.1) is 0 Å². The quantitative estimate of drug-likeness (QED) is 0.811. The van der Waals surface area contributed by atoms with E-state index in [2.05, 4.69) is 10.2 Å². The number of hydrogen-bond acceptors (Lipinski definition) is 4. The van der Waals surface area contributed by atoms with E-state index in [9.17, 15) is 8.78 Å². The van der Waals surface area contributed by atoms with Gasteiger partial charge in [0.15, 0.2) is 0 Å². The maximum Gasteiger partial charge on any atom is 0.250 e. The van der Waals surface area contributed by atoms with Crippen molar-refractivity contribution in [1.29, 1.82) is 0 Å². The summed E-state index contributed by atoms with van der Waals surface area (Å²) < 4.78 is 26.1. The van der Waals surface area contributed by atoms with Gasteiger partial charge in [0.25, 0.3) is 5.92 Å². The molecular weight excluding hydrogens is 244 g/mol. The molecule has 1 saturated heterocycles. The van der Waals surface area contributed by atoms with Crippen LogP contribution in [0.25, 0.3) is 0 Å². The summed E-state index contributed by atoms with van der Waals surface area (Å²) in [6, 6.07) is 0. The molecule has 0 N–H and O–H groups in total. The van der Waals surface area contributed by atoms with E-state index in [1.54, 1.807) is 0 Å². The summed E-state index contributed by atoms with van der Waals surface area (Å²) in [5.41, 5.74) is 0. The van der Waals surface area contributed by atoms with Crippen LogP contribution in [0.15, 0.2) is 0 Å². The first-order valence-electron chi connectivity index (χ1n) is 4.63. The smallest absolute Gasteiger partial charge is 0.250 e. The molecule has 0 aromatic carbocycles. The Morgan fingerprint density at radius 3 is 2.53 bits per heavy atom. The van der Waals surface area contributed by atoms with Gasteiger partial charge in [-0.25, -0.2) is 8.78 Å². The number of piperidine rings is 1. The van der Waals surface area contributed by atoms with Crippen LogP contribution in [-0.4, -0.2) is 34.1 Å². The molecule has 0 radical (unpaired) electrons. The topological polar surface area (TPSA) is 29.0 Å². The molecule has 7 heteroatoms. The number of likely N-dealkylation sites (tertiary alicyclic amines) is 1. The van der Waals surface area contributed by atoms with Gasteiger partial charge >= 0.3 is 0 Å². The molecule has 0 saturated carbocycles. The fourth-order valence-corrected chi connectivity index (χ4v) is 2.44. The van der Waals surface area contributed by atoms with Gasteiger partial charge in [-0.3, -0.25) is 4.90 Å². The zero-order valence-electron chi connectivity index (χ0n) is 7.92. The predicted molar refractivity (Wildman–Crippen MR) is 54.4 cm³/mol. The van der Waals surface area contributed by atoms with Crippen LogP contribution in [0.5, 0.6) is 0 Å². The number of nitrogens with zero attached hydrogens (tertiary/aromatic N) is 3. The first kappa shape index (κ1) is 11.2. The van der Waals surface area contributed by atoms with Gasteiger partial charge in [0.1, 0.15) is 5.01 Å². The largest absolute Gasteiger partial charge is 0.296 e. The molecule has 2 rings (SSSR count). The Morgan fingerprint density at radius 2 is 2.00 bits per heavy atom. The normalized spacial score (nSPS) is 21.8. The van der Waals surface area contributed by atoms with Crippen LogP contribution in [0.3, 0.4) is 0 Å². The molecule has 0 spiro atoms. The molecule has 2 heterocycles. The fraction of sp³-hybridized carbons (Fsp3) is 0.750. The summed E-state index contributed by atoms with van der Waals surface area (Å²) >= 11 is 6.93. The third-order valence-corrected chi connectivity index (χ3v) is 3.39. The third-order valence-electron chi connectivity index (χ3n) is 2.39. The van der Waals surface area contributed by atoms with Gasteiger partial charge in [-0.05, 0) is 11.6 Å². The molecular formula is C8H10ClF2N3S. The maximum atomic E-state index is 12.8. The lowest BCUT2D eigenvalue weighted by molar-refractivity contribution is -0.0566. The lowest BCUT2D eigenvalue weighted by Gasteiger charge is -2.30. The average molecular weight is 254 g/mol. The Hall–Kier alpha value is -0.330. The van der Waals surface area contributed by atoms with E-state index in [1.807, 2.05) is 4.90 Å². The van der Waals surface area contributed by atoms with Gasteiger partial charge in [-0.2, -0.15) is 0 Å². The first-order chi connectivity index (χ1) is 7.05. The number of rotatable bonds is 2. The highest BCUT2D eigenvalue weighted by Gasteiger charge is 2.34. The molecule has 0 unspecified atom stereocenters. The minimum Gasteiger partial charge on any atom is -0.296 e. The Balaban J connectivity index is 1.87. The van der Waals surface area contributed by atoms with E-state index in [-0.39, 0.29) is 12.8 Å². The molecule has 1 aromatic heterocycles. The lowest BCUT2D eigenvalue weighted by atomic mass is 10.1. The predicted octanol–water partition coefficient (Wildman–Crippen LogP) is 2.42. The second kappa shape index (κ2) is 4.27.